The molecule has 1 aromatic heterocycles. The van der Waals surface area contributed by atoms with Crippen LogP contribution in [0, 0.1) is 20.8 Å². The van der Waals surface area contributed by atoms with Crippen molar-refractivity contribution in [3.05, 3.63) is 93.1 Å². The number of Topliss-reactive ketones (excluding diaryl/α,β-unsaturated/α-hetero) is 1. The van der Waals surface area contributed by atoms with E-state index < -0.39 is 11.1 Å². The molecule has 4 rings (SSSR count). The van der Waals surface area contributed by atoms with Gasteiger partial charge in [-0.05, 0) is 80.9 Å². The highest BCUT2D eigenvalue weighted by molar-refractivity contribution is 8.18. The van der Waals surface area contributed by atoms with Gasteiger partial charge in [0, 0.05) is 22.6 Å². The van der Waals surface area contributed by atoms with Gasteiger partial charge in [-0.2, -0.15) is 0 Å². The molecule has 8 heteroatoms. The molecule has 196 valence electrons. The van der Waals surface area contributed by atoms with Crippen LogP contribution < -0.4 is 0 Å². The molecule has 1 aliphatic heterocycles. The van der Waals surface area contributed by atoms with E-state index in [1.165, 1.54) is 0 Å². The number of hydrogen-bond acceptors (Lipinski definition) is 6. The number of benzene rings is 2. The molecule has 0 unspecified atom stereocenters. The van der Waals surface area contributed by atoms with Gasteiger partial charge in [0.25, 0.3) is 11.1 Å². The van der Waals surface area contributed by atoms with E-state index in [1.54, 1.807) is 30.3 Å². The predicted octanol–water partition coefficient (Wildman–Crippen LogP) is 6.28. The number of carbonyl (C=O) groups excluding carboxylic acids is 4. The molecule has 1 saturated heterocycles. The number of thioether (sulfide) groups is 1. The fourth-order valence-corrected chi connectivity index (χ4v) is 5.05. The zero-order valence-electron chi connectivity index (χ0n) is 21.9. The van der Waals surface area contributed by atoms with E-state index in [2.05, 4.69) is 0 Å². The lowest BCUT2D eigenvalue weighted by Crippen LogP contribution is -2.33. The number of rotatable bonds is 9. The van der Waals surface area contributed by atoms with E-state index in [1.807, 2.05) is 62.6 Å². The predicted molar refractivity (Wildman–Crippen MR) is 149 cm³/mol. The Hall–Kier alpha value is -3.91. The van der Waals surface area contributed by atoms with Crippen molar-refractivity contribution in [2.45, 2.75) is 40.5 Å². The maximum absolute atomic E-state index is 13.0. The van der Waals surface area contributed by atoms with Crippen LogP contribution in [0.3, 0.4) is 0 Å². The summed E-state index contributed by atoms with van der Waals surface area (Å²) >= 11 is 0.835. The Morgan fingerprint density at radius 1 is 0.947 bits per heavy atom. The molecule has 0 spiro atoms. The number of unbranched alkanes of at least 4 members (excludes halogenated alkanes) is 1. The number of esters is 1. The minimum absolute atomic E-state index is 0.275. The first-order valence-electron chi connectivity index (χ1n) is 12.5. The van der Waals surface area contributed by atoms with Crippen molar-refractivity contribution in [2.24, 2.45) is 0 Å². The fourth-order valence-electron chi connectivity index (χ4n) is 4.22. The zero-order valence-corrected chi connectivity index (χ0v) is 22.8. The lowest BCUT2D eigenvalue weighted by Gasteiger charge is -2.11. The van der Waals surface area contributed by atoms with Crippen molar-refractivity contribution >= 4 is 40.7 Å². The summed E-state index contributed by atoms with van der Waals surface area (Å²) in [4.78, 5) is 51.8. The zero-order chi connectivity index (χ0) is 27.4. The third-order valence-electron chi connectivity index (χ3n) is 6.40. The van der Waals surface area contributed by atoms with Crippen LogP contribution >= 0.6 is 11.8 Å². The molecule has 0 saturated carbocycles. The van der Waals surface area contributed by atoms with Gasteiger partial charge in [-0.15, -0.1) is 0 Å². The van der Waals surface area contributed by atoms with Gasteiger partial charge < -0.3 is 9.30 Å². The largest absolute Gasteiger partial charge is 0.462 e. The van der Waals surface area contributed by atoms with Crippen molar-refractivity contribution in [3.63, 3.8) is 0 Å². The van der Waals surface area contributed by atoms with Crippen LogP contribution in [0.4, 0.5) is 4.79 Å². The molecule has 1 aliphatic rings. The Bertz CT molecular complexity index is 1420. The first-order chi connectivity index (χ1) is 18.2. The molecule has 3 aromatic rings. The summed E-state index contributed by atoms with van der Waals surface area (Å²) in [6, 6.07) is 16.2. The standard InChI is InChI=1S/C30H30N2O5S/c1-5-6-15-37-29(35)23-11-13-25(14-12-23)32-20(3)16-24(21(32)4)17-27-28(34)31(30(36)38-27)18-26(33)22-9-7-19(2)8-10-22/h7-14,16-17H,5-6,15,18H2,1-4H3/b27-17-. The quantitative estimate of drug-likeness (QED) is 0.140. The molecule has 1 fully saturated rings. The van der Waals surface area contributed by atoms with Crippen LogP contribution in [0.2, 0.25) is 0 Å². The summed E-state index contributed by atoms with van der Waals surface area (Å²) in [5, 5.41) is -0.461. The fraction of sp³-hybridized carbons (Fsp3) is 0.267. The van der Waals surface area contributed by atoms with Crippen LogP contribution in [0.15, 0.2) is 59.5 Å². The summed E-state index contributed by atoms with van der Waals surface area (Å²) in [5.41, 5.74) is 5.43. The highest BCUT2D eigenvalue weighted by atomic mass is 32.2. The Morgan fingerprint density at radius 2 is 1.61 bits per heavy atom. The SMILES string of the molecule is CCCCOC(=O)c1ccc(-n2c(C)cc(/C=C3\SC(=O)N(CC(=O)c4ccc(C)cc4)C3=O)c2C)cc1. The van der Waals surface area contributed by atoms with Gasteiger partial charge in [-0.25, -0.2) is 4.79 Å². The normalized spacial score (nSPS) is 14.4. The summed E-state index contributed by atoms with van der Waals surface area (Å²) in [5.74, 6) is -1.11. The second kappa shape index (κ2) is 11.6. The van der Waals surface area contributed by atoms with E-state index in [4.69, 9.17) is 4.74 Å². The molecule has 0 N–H and O–H groups in total. The first kappa shape index (κ1) is 27.1. The number of imide groups is 1. The molecule has 2 heterocycles. The molecular weight excluding hydrogens is 500 g/mol. The van der Waals surface area contributed by atoms with E-state index in [9.17, 15) is 19.2 Å². The molecule has 0 radical (unpaired) electrons. The molecule has 0 aliphatic carbocycles. The average molecular weight is 531 g/mol. The van der Waals surface area contributed by atoms with E-state index >= 15 is 0 Å². The highest BCUT2D eigenvalue weighted by Gasteiger charge is 2.36. The second-order valence-electron chi connectivity index (χ2n) is 9.26. The number of hydrogen-bond donors (Lipinski definition) is 0. The number of carbonyl (C=O) groups is 4. The molecule has 7 nitrogen and oxygen atoms in total. The lowest BCUT2D eigenvalue weighted by molar-refractivity contribution is -0.122. The minimum atomic E-state index is -0.476. The van der Waals surface area contributed by atoms with Gasteiger partial charge in [0.15, 0.2) is 5.78 Å². The Balaban J connectivity index is 1.51. The number of aromatic nitrogens is 1. The lowest BCUT2D eigenvalue weighted by atomic mass is 10.1. The smallest absolute Gasteiger partial charge is 0.338 e. The molecule has 2 amide bonds. The first-order valence-corrected chi connectivity index (χ1v) is 13.3. The van der Waals surface area contributed by atoms with Gasteiger partial charge >= 0.3 is 5.97 Å². The molecule has 0 bridgehead atoms. The Labute approximate surface area is 226 Å². The Kier molecular flexibility index (Phi) is 8.32. The van der Waals surface area contributed by atoms with Crippen molar-refractivity contribution in [1.29, 1.82) is 0 Å². The van der Waals surface area contributed by atoms with Gasteiger partial charge in [0.05, 0.1) is 23.6 Å². The number of ether oxygens (including phenoxy) is 1. The van der Waals surface area contributed by atoms with Crippen molar-refractivity contribution < 1.29 is 23.9 Å². The molecule has 0 atom stereocenters. The van der Waals surface area contributed by atoms with E-state index in [-0.39, 0.29) is 23.2 Å². The third-order valence-corrected chi connectivity index (χ3v) is 7.31. The van der Waals surface area contributed by atoms with Crippen LogP contribution in [0.25, 0.3) is 11.8 Å². The summed E-state index contributed by atoms with van der Waals surface area (Å²) in [7, 11) is 0. The number of nitrogens with zero attached hydrogens (tertiary/aromatic N) is 2. The summed E-state index contributed by atoms with van der Waals surface area (Å²) < 4.78 is 7.30. The topological polar surface area (TPSA) is 85.7 Å². The van der Waals surface area contributed by atoms with E-state index in [0.29, 0.717) is 17.7 Å². The van der Waals surface area contributed by atoms with Crippen LogP contribution in [0.1, 0.15) is 63.0 Å². The maximum Gasteiger partial charge on any atom is 0.338 e. The number of aryl methyl sites for hydroxylation is 2. The van der Waals surface area contributed by atoms with Crippen molar-refractivity contribution in [2.75, 3.05) is 13.2 Å². The highest BCUT2D eigenvalue weighted by Crippen LogP contribution is 2.34. The molecular formula is C30H30N2O5S. The summed E-state index contributed by atoms with van der Waals surface area (Å²) in [6.45, 7) is 7.95. The maximum atomic E-state index is 13.0. The monoisotopic (exact) mass is 530 g/mol. The van der Waals surface area contributed by atoms with E-state index in [0.717, 1.165) is 57.7 Å². The summed E-state index contributed by atoms with van der Waals surface area (Å²) in [6.07, 6.45) is 3.48. The van der Waals surface area contributed by atoms with Gasteiger partial charge in [0.1, 0.15) is 0 Å². The van der Waals surface area contributed by atoms with Gasteiger partial charge in [-0.1, -0.05) is 43.2 Å². The van der Waals surface area contributed by atoms with Gasteiger partial charge in [-0.3, -0.25) is 19.3 Å². The second-order valence-corrected chi connectivity index (χ2v) is 10.2. The van der Waals surface area contributed by atoms with Crippen molar-refractivity contribution in [3.8, 4) is 5.69 Å². The Morgan fingerprint density at radius 3 is 2.26 bits per heavy atom. The van der Waals surface area contributed by atoms with Crippen LogP contribution in [-0.4, -0.2) is 45.5 Å². The van der Waals surface area contributed by atoms with Crippen LogP contribution in [0.5, 0.6) is 0 Å². The molecule has 2 aromatic carbocycles. The number of ketones is 1. The molecule has 38 heavy (non-hydrogen) atoms. The average Bonchev–Trinajstić information content (AvgIpc) is 3.33. The van der Waals surface area contributed by atoms with Crippen molar-refractivity contribution in [1.82, 2.24) is 9.47 Å². The minimum Gasteiger partial charge on any atom is -0.462 e. The van der Waals surface area contributed by atoms with Gasteiger partial charge in [0.2, 0.25) is 0 Å². The number of amides is 2. The third kappa shape index (κ3) is 5.81. The van der Waals surface area contributed by atoms with Crippen LogP contribution in [-0.2, 0) is 9.53 Å².